The Hall–Kier alpha value is -2.42. The van der Waals surface area contributed by atoms with Gasteiger partial charge < -0.3 is 14.4 Å². The van der Waals surface area contributed by atoms with Crippen molar-refractivity contribution in [1.82, 2.24) is 4.57 Å². The minimum Gasteiger partial charge on any atom is -0.508 e. The molecule has 2 aromatic carbocycles. The Morgan fingerprint density at radius 3 is 2.75 bits per heavy atom. The van der Waals surface area contributed by atoms with E-state index in [1.165, 1.54) is 16.5 Å². The summed E-state index contributed by atoms with van der Waals surface area (Å²) in [5.74, 6) is 0.890. The monoisotopic (exact) mass is 267 g/mol. The lowest BCUT2D eigenvalue weighted by Gasteiger charge is -2.07. The van der Waals surface area contributed by atoms with Crippen molar-refractivity contribution >= 4 is 10.9 Å². The topological polar surface area (TPSA) is 34.4 Å². The number of aryl methyl sites for hydroxylation is 2. The van der Waals surface area contributed by atoms with Crippen LogP contribution >= 0.6 is 0 Å². The minimum absolute atomic E-state index is 0.218. The van der Waals surface area contributed by atoms with Crippen molar-refractivity contribution in [2.75, 3.05) is 0 Å². The Balaban J connectivity index is 1.86. The highest BCUT2D eigenvalue weighted by atomic mass is 16.5. The van der Waals surface area contributed by atoms with Gasteiger partial charge in [0.1, 0.15) is 18.1 Å². The van der Waals surface area contributed by atoms with Gasteiger partial charge in [-0.25, -0.2) is 0 Å². The molecule has 0 spiro atoms. The third-order valence-electron chi connectivity index (χ3n) is 3.50. The summed E-state index contributed by atoms with van der Waals surface area (Å²) in [6, 6.07) is 15.4. The van der Waals surface area contributed by atoms with Gasteiger partial charge in [-0.3, -0.25) is 0 Å². The first-order valence-corrected chi connectivity index (χ1v) is 6.60. The predicted molar refractivity (Wildman–Crippen MR) is 80.1 cm³/mol. The molecule has 0 amide bonds. The number of hydrogen-bond donors (Lipinski definition) is 1. The van der Waals surface area contributed by atoms with Gasteiger partial charge >= 0.3 is 0 Å². The molecule has 102 valence electrons. The minimum atomic E-state index is 0.218. The van der Waals surface area contributed by atoms with Crippen molar-refractivity contribution in [1.29, 1.82) is 0 Å². The fourth-order valence-electron chi connectivity index (χ4n) is 2.40. The van der Waals surface area contributed by atoms with Crippen molar-refractivity contribution in [3.8, 4) is 11.5 Å². The van der Waals surface area contributed by atoms with Crippen molar-refractivity contribution in [2.24, 2.45) is 7.05 Å². The van der Waals surface area contributed by atoms with Crippen LogP contribution in [0.1, 0.15) is 11.3 Å². The Kier molecular flexibility index (Phi) is 3.11. The number of nitrogens with zero attached hydrogens (tertiary/aromatic N) is 1. The Labute approximate surface area is 118 Å². The van der Waals surface area contributed by atoms with Gasteiger partial charge in [-0.2, -0.15) is 0 Å². The molecule has 0 saturated carbocycles. The molecule has 1 N–H and O–H groups in total. The van der Waals surface area contributed by atoms with Crippen LogP contribution in [0.2, 0.25) is 0 Å². The number of benzene rings is 2. The van der Waals surface area contributed by atoms with E-state index in [-0.39, 0.29) is 5.75 Å². The first-order valence-electron chi connectivity index (χ1n) is 6.60. The number of aromatic hydroxyl groups is 1. The van der Waals surface area contributed by atoms with Crippen LogP contribution in [0.4, 0.5) is 0 Å². The average molecular weight is 267 g/mol. The summed E-state index contributed by atoms with van der Waals surface area (Å²) in [4.78, 5) is 0. The number of fused-ring (bicyclic) bond motifs is 1. The van der Waals surface area contributed by atoms with E-state index in [1.54, 1.807) is 18.2 Å². The normalized spacial score (nSPS) is 10.9. The number of aromatic nitrogens is 1. The lowest BCUT2D eigenvalue weighted by atomic mass is 10.2. The largest absolute Gasteiger partial charge is 0.508 e. The first kappa shape index (κ1) is 12.6. The molecule has 3 nitrogen and oxygen atoms in total. The van der Waals surface area contributed by atoms with E-state index < -0.39 is 0 Å². The second-order valence-corrected chi connectivity index (χ2v) is 5.04. The van der Waals surface area contributed by atoms with Gasteiger partial charge in [0.2, 0.25) is 0 Å². The van der Waals surface area contributed by atoms with Crippen LogP contribution in [0.5, 0.6) is 11.5 Å². The standard InChI is InChI=1S/C17H17NO2/c1-12-6-7-17-13(8-12)9-14(18(17)2)11-20-16-5-3-4-15(19)10-16/h3-10,19H,11H2,1-2H3. The van der Waals surface area contributed by atoms with Crippen LogP contribution in [0, 0.1) is 6.92 Å². The van der Waals surface area contributed by atoms with Gasteiger partial charge in [0.15, 0.2) is 0 Å². The Bertz CT molecular complexity index is 759. The quantitative estimate of drug-likeness (QED) is 0.783. The fraction of sp³-hybridized carbons (Fsp3) is 0.176. The van der Waals surface area contributed by atoms with Crippen LogP contribution < -0.4 is 4.74 Å². The smallest absolute Gasteiger partial charge is 0.128 e. The van der Waals surface area contributed by atoms with Gasteiger partial charge in [-0.05, 0) is 37.3 Å². The van der Waals surface area contributed by atoms with E-state index in [4.69, 9.17) is 4.74 Å². The molecule has 0 bridgehead atoms. The van der Waals surface area contributed by atoms with Crippen molar-refractivity contribution < 1.29 is 9.84 Å². The molecule has 1 heterocycles. The maximum atomic E-state index is 9.42. The molecule has 0 aliphatic rings. The summed E-state index contributed by atoms with van der Waals surface area (Å²) in [5, 5.41) is 10.6. The summed E-state index contributed by atoms with van der Waals surface area (Å²) in [5.41, 5.74) is 3.56. The molecule has 3 heteroatoms. The molecule has 0 saturated heterocycles. The zero-order valence-electron chi connectivity index (χ0n) is 11.6. The molecule has 0 radical (unpaired) electrons. The molecule has 0 aliphatic heterocycles. The van der Waals surface area contributed by atoms with Gasteiger partial charge in [-0.1, -0.05) is 17.7 Å². The third kappa shape index (κ3) is 2.35. The third-order valence-corrected chi connectivity index (χ3v) is 3.50. The molecule has 0 atom stereocenters. The molecule has 0 fully saturated rings. The lowest BCUT2D eigenvalue weighted by Crippen LogP contribution is -2.01. The zero-order valence-corrected chi connectivity index (χ0v) is 11.6. The number of rotatable bonds is 3. The molecule has 20 heavy (non-hydrogen) atoms. The van der Waals surface area contributed by atoms with E-state index in [2.05, 4.69) is 35.8 Å². The maximum Gasteiger partial charge on any atom is 0.128 e. The Morgan fingerprint density at radius 1 is 1.10 bits per heavy atom. The summed E-state index contributed by atoms with van der Waals surface area (Å²) in [6.45, 7) is 2.57. The molecule has 3 rings (SSSR count). The van der Waals surface area contributed by atoms with Crippen molar-refractivity contribution in [3.63, 3.8) is 0 Å². The summed E-state index contributed by atoms with van der Waals surface area (Å²) >= 11 is 0. The van der Waals surface area contributed by atoms with Gasteiger partial charge in [0.05, 0.1) is 5.69 Å². The van der Waals surface area contributed by atoms with Crippen molar-refractivity contribution in [2.45, 2.75) is 13.5 Å². The highest BCUT2D eigenvalue weighted by molar-refractivity contribution is 5.82. The maximum absolute atomic E-state index is 9.42. The van der Waals surface area contributed by atoms with Crippen LogP contribution in [-0.2, 0) is 13.7 Å². The van der Waals surface area contributed by atoms with E-state index in [0.717, 1.165) is 5.69 Å². The van der Waals surface area contributed by atoms with Crippen molar-refractivity contribution in [3.05, 3.63) is 59.8 Å². The zero-order chi connectivity index (χ0) is 14.1. The lowest BCUT2D eigenvalue weighted by molar-refractivity contribution is 0.296. The summed E-state index contributed by atoms with van der Waals surface area (Å²) in [6.07, 6.45) is 0. The number of ether oxygens (including phenoxy) is 1. The second kappa shape index (κ2) is 4.93. The summed E-state index contributed by atoms with van der Waals surface area (Å²) < 4.78 is 7.87. The predicted octanol–water partition coefficient (Wildman–Crippen LogP) is 3.77. The average Bonchev–Trinajstić information content (AvgIpc) is 2.72. The van der Waals surface area contributed by atoms with E-state index in [9.17, 15) is 5.11 Å². The number of hydrogen-bond acceptors (Lipinski definition) is 2. The van der Waals surface area contributed by atoms with Gasteiger partial charge in [0, 0.05) is 24.0 Å². The molecule has 1 aromatic heterocycles. The Morgan fingerprint density at radius 2 is 1.95 bits per heavy atom. The van der Waals surface area contributed by atoms with Crippen LogP contribution in [0.3, 0.4) is 0 Å². The molecule has 0 unspecified atom stereocenters. The fourth-order valence-corrected chi connectivity index (χ4v) is 2.40. The van der Waals surface area contributed by atoms with E-state index in [1.807, 2.05) is 13.1 Å². The van der Waals surface area contributed by atoms with Crippen LogP contribution in [-0.4, -0.2) is 9.67 Å². The first-order chi connectivity index (χ1) is 9.63. The van der Waals surface area contributed by atoms with Gasteiger partial charge in [-0.15, -0.1) is 0 Å². The molecular weight excluding hydrogens is 250 g/mol. The van der Waals surface area contributed by atoms with E-state index in [0.29, 0.717) is 12.4 Å². The summed E-state index contributed by atoms with van der Waals surface area (Å²) in [7, 11) is 2.04. The second-order valence-electron chi connectivity index (χ2n) is 5.04. The molecule has 0 aliphatic carbocycles. The SMILES string of the molecule is Cc1ccc2c(c1)cc(COc1cccc(O)c1)n2C. The molecular formula is C17H17NO2. The van der Waals surface area contributed by atoms with Crippen LogP contribution in [0.15, 0.2) is 48.5 Å². The van der Waals surface area contributed by atoms with Crippen LogP contribution in [0.25, 0.3) is 10.9 Å². The highest BCUT2D eigenvalue weighted by Gasteiger charge is 2.06. The molecule has 3 aromatic rings. The van der Waals surface area contributed by atoms with E-state index >= 15 is 0 Å². The number of phenolic OH excluding ortho intramolecular Hbond substituents is 1. The highest BCUT2D eigenvalue weighted by Crippen LogP contribution is 2.23. The van der Waals surface area contributed by atoms with Gasteiger partial charge in [0.25, 0.3) is 0 Å². The number of phenols is 1.